The molecule has 0 aliphatic carbocycles. The predicted molar refractivity (Wildman–Crippen MR) is 102 cm³/mol. The molecule has 1 saturated heterocycles. The van der Waals surface area contributed by atoms with Gasteiger partial charge in [-0.15, -0.1) is 30.6 Å². The van der Waals surface area contributed by atoms with Gasteiger partial charge in [-0.3, -0.25) is 4.99 Å². The van der Waals surface area contributed by atoms with E-state index in [9.17, 15) is 8.78 Å². The molecule has 0 saturated carbocycles. The normalized spacial score (nSPS) is 17.6. The number of nitrogens with zero attached hydrogens (tertiary/aromatic N) is 2. The molecule has 1 aromatic rings. The van der Waals surface area contributed by atoms with E-state index in [1.54, 1.807) is 19.2 Å². The number of rotatable bonds is 5. The summed E-state index contributed by atoms with van der Waals surface area (Å²) >= 11 is 0. The van der Waals surface area contributed by atoms with Crippen molar-refractivity contribution < 1.29 is 8.78 Å². The SMILES string of the molecule is C=CCNC(=NC)NCC1CCN(c2ccc(F)c(F)c2)C1.I. The molecule has 2 N–H and O–H groups in total. The first kappa shape index (κ1) is 19.7. The number of hydrogen-bond donors (Lipinski definition) is 2. The van der Waals surface area contributed by atoms with E-state index in [-0.39, 0.29) is 24.0 Å². The van der Waals surface area contributed by atoms with Crippen molar-refractivity contribution in [1.29, 1.82) is 0 Å². The molecule has 1 fully saturated rings. The number of hydrogen-bond acceptors (Lipinski definition) is 2. The van der Waals surface area contributed by atoms with Crippen molar-refractivity contribution in [3.8, 4) is 0 Å². The third-order valence-electron chi connectivity index (χ3n) is 3.75. The van der Waals surface area contributed by atoms with E-state index in [0.717, 1.165) is 37.7 Å². The monoisotopic (exact) mass is 436 g/mol. The van der Waals surface area contributed by atoms with Crippen molar-refractivity contribution >= 4 is 35.6 Å². The Labute approximate surface area is 153 Å². The maximum absolute atomic E-state index is 13.3. The zero-order valence-corrected chi connectivity index (χ0v) is 15.5. The third-order valence-corrected chi connectivity index (χ3v) is 3.75. The number of anilines is 1. The van der Waals surface area contributed by atoms with Crippen molar-refractivity contribution in [2.75, 3.05) is 38.1 Å². The van der Waals surface area contributed by atoms with Gasteiger partial charge in [-0.2, -0.15) is 0 Å². The molecule has 7 heteroatoms. The second-order valence-corrected chi connectivity index (χ2v) is 5.32. The lowest BCUT2D eigenvalue weighted by molar-refractivity contribution is 0.508. The molecule has 1 aliphatic heterocycles. The molecule has 1 atom stereocenters. The first-order valence-electron chi connectivity index (χ1n) is 7.39. The highest BCUT2D eigenvalue weighted by atomic mass is 127. The zero-order valence-electron chi connectivity index (χ0n) is 13.2. The van der Waals surface area contributed by atoms with Crippen LogP contribution in [0.3, 0.4) is 0 Å². The molecule has 23 heavy (non-hydrogen) atoms. The van der Waals surface area contributed by atoms with Gasteiger partial charge in [0, 0.05) is 45.0 Å². The second kappa shape index (κ2) is 9.69. The lowest BCUT2D eigenvalue weighted by atomic mass is 10.1. The minimum absolute atomic E-state index is 0. The summed E-state index contributed by atoms with van der Waals surface area (Å²) < 4.78 is 26.3. The molecule has 0 amide bonds. The Hall–Kier alpha value is -1.38. The summed E-state index contributed by atoms with van der Waals surface area (Å²) in [5, 5.41) is 6.38. The van der Waals surface area contributed by atoms with Crippen LogP contribution in [-0.2, 0) is 0 Å². The number of nitrogens with one attached hydrogen (secondary N) is 2. The van der Waals surface area contributed by atoms with Gasteiger partial charge in [0.15, 0.2) is 17.6 Å². The Morgan fingerprint density at radius 1 is 1.39 bits per heavy atom. The van der Waals surface area contributed by atoms with E-state index in [1.165, 1.54) is 12.1 Å². The van der Waals surface area contributed by atoms with Crippen molar-refractivity contribution in [1.82, 2.24) is 10.6 Å². The van der Waals surface area contributed by atoms with Gasteiger partial charge in [-0.1, -0.05) is 6.08 Å². The number of benzene rings is 1. The van der Waals surface area contributed by atoms with Gasteiger partial charge in [-0.25, -0.2) is 8.78 Å². The second-order valence-electron chi connectivity index (χ2n) is 5.32. The Balaban J connectivity index is 0.00000264. The van der Waals surface area contributed by atoms with Gasteiger partial charge in [0.25, 0.3) is 0 Å². The van der Waals surface area contributed by atoms with Crippen LogP contribution in [-0.4, -0.2) is 39.2 Å². The van der Waals surface area contributed by atoms with Crippen LogP contribution in [0.2, 0.25) is 0 Å². The van der Waals surface area contributed by atoms with Gasteiger partial charge in [0.05, 0.1) is 0 Å². The van der Waals surface area contributed by atoms with Crippen molar-refractivity contribution in [3.63, 3.8) is 0 Å². The Bertz CT molecular complexity index is 551. The first-order valence-corrected chi connectivity index (χ1v) is 7.39. The van der Waals surface area contributed by atoms with Gasteiger partial charge in [0.1, 0.15) is 0 Å². The molecule has 0 radical (unpaired) electrons. The fraction of sp³-hybridized carbons (Fsp3) is 0.438. The molecule has 1 aromatic carbocycles. The lowest BCUT2D eigenvalue weighted by Gasteiger charge is -2.19. The summed E-state index contributed by atoms with van der Waals surface area (Å²) in [6, 6.07) is 4.06. The van der Waals surface area contributed by atoms with Gasteiger partial charge in [0.2, 0.25) is 0 Å². The number of guanidine groups is 1. The van der Waals surface area contributed by atoms with E-state index < -0.39 is 11.6 Å². The smallest absolute Gasteiger partial charge is 0.191 e. The molecule has 0 aromatic heterocycles. The van der Waals surface area contributed by atoms with Crippen LogP contribution in [0.1, 0.15) is 6.42 Å². The molecule has 1 unspecified atom stereocenters. The first-order chi connectivity index (χ1) is 10.6. The van der Waals surface area contributed by atoms with Crippen LogP contribution in [0.5, 0.6) is 0 Å². The lowest BCUT2D eigenvalue weighted by Crippen LogP contribution is -2.40. The highest BCUT2D eigenvalue weighted by Gasteiger charge is 2.23. The summed E-state index contributed by atoms with van der Waals surface area (Å²) in [6.45, 7) is 6.76. The quantitative estimate of drug-likeness (QED) is 0.323. The molecular formula is C16H23F2IN4. The molecule has 128 valence electrons. The van der Waals surface area contributed by atoms with Crippen molar-refractivity contribution in [2.24, 2.45) is 10.9 Å². The fourth-order valence-electron chi connectivity index (χ4n) is 2.55. The zero-order chi connectivity index (χ0) is 15.9. The van der Waals surface area contributed by atoms with Crippen molar-refractivity contribution in [3.05, 3.63) is 42.5 Å². The summed E-state index contributed by atoms with van der Waals surface area (Å²) in [4.78, 5) is 6.20. The average molecular weight is 436 g/mol. The number of aliphatic imine (C=N–C) groups is 1. The van der Waals surface area contributed by atoms with Crippen LogP contribution >= 0.6 is 24.0 Å². The van der Waals surface area contributed by atoms with Gasteiger partial charge in [-0.05, 0) is 24.5 Å². The van der Waals surface area contributed by atoms with Crippen molar-refractivity contribution in [2.45, 2.75) is 6.42 Å². The summed E-state index contributed by atoms with van der Waals surface area (Å²) in [5.74, 6) is -0.423. The molecule has 1 aliphatic rings. The third kappa shape index (κ3) is 5.63. The summed E-state index contributed by atoms with van der Waals surface area (Å²) in [6.07, 6.45) is 2.78. The highest BCUT2D eigenvalue weighted by molar-refractivity contribution is 14.0. The Kier molecular flexibility index (Phi) is 8.29. The number of halogens is 3. The standard InChI is InChI=1S/C16H22F2N4.HI/c1-3-7-20-16(19-2)21-10-12-6-8-22(11-12)13-4-5-14(17)15(18)9-13;/h3-5,9,12H,1,6-8,10-11H2,2H3,(H2,19,20,21);1H. The van der Waals surface area contributed by atoms with E-state index in [4.69, 9.17) is 0 Å². The molecule has 1 heterocycles. The van der Waals surface area contributed by atoms with Crippen LogP contribution in [0, 0.1) is 17.6 Å². The average Bonchev–Trinajstić information content (AvgIpc) is 2.99. The molecule has 4 nitrogen and oxygen atoms in total. The summed E-state index contributed by atoms with van der Waals surface area (Å²) in [7, 11) is 1.72. The highest BCUT2D eigenvalue weighted by Crippen LogP contribution is 2.24. The van der Waals surface area contributed by atoms with E-state index in [0.29, 0.717) is 12.5 Å². The maximum Gasteiger partial charge on any atom is 0.191 e. The largest absolute Gasteiger partial charge is 0.371 e. The summed E-state index contributed by atoms with van der Waals surface area (Å²) in [5.41, 5.74) is 0.732. The van der Waals surface area contributed by atoms with Gasteiger partial charge < -0.3 is 15.5 Å². The van der Waals surface area contributed by atoms with Crippen LogP contribution < -0.4 is 15.5 Å². The maximum atomic E-state index is 13.3. The fourth-order valence-corrected chi connectivity index (χ4v) is 2.55. The van der Waals surface area contributed by atoms with E-state index in [2.05, 4.69) is 27.1 Å². The topological polar surface area (TPSA) is 39.7 Å². The van der Waals surface area contributed by atoms with E-state index in [1.807, 2.05) is 0 Å². The van der Waals surface area contributed by atoms with Crippen LogP contribution in [0.25, 0.3) is 0 Å². The molecule has 0 bridgehead atoms. The Morgan fingerprint density at radius 3 is 2.83 bits per heavy atom. The van der Waals surface area contributed by atoms with Crippen LogP contribution in [0.15, 0.2) is 35.8 Å². The van der Waals surface area contributed by atoms with E-state index >= 15 is 0 Å². The van der Waals surface area contributed by atoms with Crippen LogP contribution in [0.4, 0.5) is 14.5 Å². The Morgan fingerprint density at radius 2 is 2.17 bits per heavy atom. The molecular weight excluding hydrogens is 413 g/mol. The van der Waals surface area contributed by atoms with Gasteiger partial charge >= 0.3 is 0 Å². The minimum atomic E-state index is -0.807. The molecule has 0 spiro atoms. The molecule has 2 rings (SSSR count). The predicted octanol–water partition coefficient (Wildman–Crippen LogP) is 2.76. The minimum Gasteiger partial charge on any atom is -0.371 e.